The van der Waals surface area contributed by atoms with Crippen LogP contribution in [0.15, 0.2) is 24.3 Å². The molecule has 1 saturated heterocycles. The highest BCUT2D eigenvalue weighted by atomic mass is 35.5. The molecule has 1 aliphatic heterocycles. The Morgan fingerprint density at radius 3 is 3.00 bits per heavy atom. The summed E-state index contributed by atoms with van der Waals surface area (Å²) in [7, 11) is 1.86. The van der Waals surface area contributed by atoms with Crippen molar-refractivity contribution in [1.29, 1.82) is 0 Å². The first-order chi connectivity index (χ1) is 9.63. The molecule has 0 unspecified atom stereocenters. The second kappa shape index (κ2) is 7.07. The lowest BCUT2D eigenvalue weighted by Gasteiger charge is -2.35. The van der Waals surface area contributed by atoms with Crippen molar-refractivity contribution in [1.82, 2.24) is 10.2 Å². The Labute approximate surface area is 125 Å². The third-order valence-electron chi connectivity index (χ3n) is 3.56. The minimum Gasteiger partial charge on any atom is -0.370 e. The Kier molecular flexibility index (Phi) is 5.40. The summed E-state index contributed by atoms with van der Waals surface area (Å²) in [6.45, 7) is 4.39. The molecule has 0 aliphatic carbocycles. The molecule has 20 heavy (non-hydrogen) atoms. The molecule has 1 aliphatic rings. The first kappa shape index (κ1) is 15.3. The average molecular weight is 297 g/mol. The van der Waals surface area contributed by atoms with E-state index in [0.717, 1.165) is 5.56 Å². The molecule has 1 heterocycles. The van der Waals surface area contributed by atoms with Gasteiger partial charge in [-0.3, -0.25) is 4.79 Å². The number of halogens is 1. The maximum absolute atomic E-state index is 12.3. The lowest BCUT2D eigenvalue weighted by molar-refractivity contribution is -0.142. The largest absolute Gasteiger partial charge is 0.370 e. The van der Waals surface area contributed by atoms with E-state index in [-0.39, 0.29) is 17.9 Å². The maximum atomic E-state index is 12.3. The Morgan fingerprint density at radius 1 is 1.55 bits per heavy atom. The zero-order valence-corrected chi connectivity index (χ0v) is 12.7. The lowest BCUT2D eigenvalue weighted by Crippen LogP contribution is -2.46. The number of nitrogens with one attached hydrogen (secondary N) is 1. The molecule has 5 heteroatoms. The Morgan fingerprint density at radius 2 is 2.30 bits per heavy atom. The van der Waals surface area contributed by atoms with Gasteiger partial charge in [0.15, 0.2) is 0 Å². The average Bonchev–Trinajstić information content (AvgIpc) is 2.47. The summed E-state index contributed by atoms with van der Waals surface area (Å²) in [5.41, 5.74) is 0.952. The van der Waals surface area contributed by atoms with E-state index in [1.165, 1.54) is 0 Å². The third-order valence-corrected chi connectivity index (χ3v) is 3.91. The molecule has 2 rings (SSSR count). The summed E-state index contributed by atoms with van der Waals surface area (Å²) in [4.78, 5) is 14.2. The highest BCUT2D eigenvalue weighted by molar-refractivity contribution is 6.31. The van der Waals surface area contributed by atoms with Crippen molar-refractivity contribution >= 4 is 17.5 Å². The van der Waals surface area contributed by atoms with Crippen LogP contribution in [0.25, 0.3) is 0 Å². The zero-order valence-electron chi connectivity index (χ0n) is 11.9. The van der Waals surface area contributed by atoms with Crippen LogP contribution in [-0.4, -0.2) is 44.1 Å². The second-order valence-electron chi connectivity index (χ2n) is 5.12. The number of rotatable bonds is 4. The van der Waals surface area contributed by atoms with Crippen molar-refractivity contribution in [2.24, 2.45) is 5.92 Å². The SMILES string of the molecule is CNC[C@H](C)C(=O)N1CCO[C@@H](c2ccccc2Cl)C1. The van der Waals surface area contributed by atoms with Gasteiger partial charge in [-0.25, -0.2) is 0 Å². The van der Waals surface area contributed by atoms with Crippen molar-refractivity contribution in [3.8, 4) is 0 Å². The summed E-state index contributed by atoms with van der Waals surface area (Å²) in [5.74, 6) is 0.143. The van der Waals surface area contributed by atoms with Crippen LogP contribution in [0.4, 0.5) is 0 Å². The van der Waals surface area contributed by atoms with Gasteiger partial charge >= 0.3 is 0 Å². The van der Waals surface area contributed by atoms with Crippen molar-refractivity contribution in [3.63, 3.8) is 0 Å². The standard InChI is InChI=1S/C15H21ClN2O2/c1-11(9-17-2)15(19)18-7-8-20-14(10-18)12-5-3-4-6-13(12)16/h3-6,11,14,17H,7-10H2,1-2H3/t11-,14+/m0/s1. The number of amides is 1. The van der Waals surface area contributed by atoms with Crippen LogP contribution in [-0.2, 0) is 9.53 Å². The molecule has 0 spiro atoms. The molecule has 0 saturated carbocycles. The smallest absolute Gasteiger partial charge is 0.226 e. The predicted molar refractivity (Wildman–Crippen MR) is 79.8 cm³/mol. The number of carbonyl (C=O) groups excluding carboxylic acids is 1. The molecule has 4 nitrogen and oxygen atoms in total. The molecule has 1 fully saturated rings. The summed E-state index contributed by atoms with van der Waals surface area (Å²) >= 11 is 6.20. The van der Waals surface area contributed by atoms with E-state index >= 15 is 0 Å². The van der Waals surface area contributed by atoms with Gasteiger partial charge < -0.3 is 15.0 Å². The lowest BCUT2D eigenvalue weighted by atomic mass is 10.1. The zero-order chi connectivity index (χ0) is 14.5. The van der Waals surface area contributed by atoms with Gasteiger partial charge in [-0.15, -0.1) is 0 Å². The summed E-state index contributed by atoms with van der Waals surface area (Å²) in [6.07, 6.45) is -0.136. The minimum absolute atomic E-state index is 0.0232. The topological polar surface area (TPSA) is 41.6 Å². The molecular formula is C15H21ClN2O2. The number of morpholine rings is 1. The number of hydrogen-bond acceptors (Lipinski definition) is 3. The molecule has 1 aromatic rings. The normalized spacial score (nSPS) is 20.8. The van der Waals surface area contributed by atoms with E-state index < -0.39 is 0 Å². The molecule has 1 N–H and O–H groups in total. The summed E-state index contributed by atoms with van der Waals surface area (Å²) in [5, 5.41) is 3.73. The molecule has 0 bridgehead atoms. The summed E-state index contributed by atoms with van der Waals surface area (Å²) in [6, 6.07) is 7.64. The predicted octanol–water partition coefficient (Wildman–Crippen LogP) is 2.10. The van der Waals surface area contributed by atoms with E-state index in [2.05, 4.69) is 5.32 Å². The van der Waals surface area contributed by atoms with Crippen molar-refractivity contribution in [2.75, 3.05) is 33.3 Å². The van der Waals surface area contributed by atoms with Crippen LogP contribution in [0.3, 0.4) is 0 Å². The fourth-order valence-corrected chi connectivity index (χ4v) is 2.74. The highest BCUT2D eigenvalue weighted by Gasteiger charge is 2.28. The highest BCUT2D eigenvalue weighted by Crippen LogP contribution is 2.28. The van der Waals surface area contributed by atoms with Gasteiger partial charge in [-0.1, -0.05) is 36.7 Å². The van der Waals surface area contributed by atoms with Gasteiger partial charge in [-0.2, -0.15) is 0 Å². The van der Waals surface area contributed by atoms with Gasteiger partial charge in [0, 0.05) is 29.6 Å². The number of ether oxygens (including phenoxy) is 1. The van der Waals surface area contributed by atoms with Gasteiger partial charge in [0.25, 0.3) is 0 Å². The molecule has 0 radical (unpaired) electrons. The molecule has 0 aromatic heterocycles. The fourth-order valence-electron chi connectivity index (χ4n) is 2.48. The van der Waals surface area contributed by atoms with E-state index in [4.69, 9.17) is 16.3 Å². The fraction of sp³-hybridized carbons (Fsp3) is 0.533. The van der Waals surface area contributed by atoms with E-state index in [1.807, 2.05) is 43.1 Å². The Bertz CT molecular complexity index is 467. The molecule has 1 aromatic carbocycles. The molecule has 110 valence electrons. The van der Waals surface area contributed by atoms with Crippen molar-refractivity contribution in [2.45, 2.75) is 13.0 Å². The molecule has 1 amide bonds. The number of benzene rings is 1. The first-order valence-corrected chi connectivity index (χ1v) is 7.30. The third kappa shape index (κ3) is 3.51. The number of hydrogen-bond donors (Lipinski definition) is 1. The van der Waals surface area contributed by atoms with Crippen LogP contribution >= 0.6 is 11.6 Å². The summed E-state index contributed by atoms with van der Waals surface area (Å²) < 4.78 is 5.77. The molecular weight excluding hydrogens is 276 g/mol. The Balaban J connectivity index is 2.05. The van der Waals surface area contributed by atoms with Crippen molar-refractivity contribution in [3.05, 3.63) is 34.9 Å². The van der Waals surface area contributed by atoms with Gasteiger partial charge in [0.1, 0.15) is 6.10 Å². The first-order valence-electron chi connectivity index (χ1n) is 6.93. The van der Waals surface area contributed by atoms with Gasteiger partial charge in [-0.05, 0) is 13.1 Å². The number of carbonyl (C=O) groups is 1. The monoisotopic (exact) mass is 296 g/mol. The van der Waals surface area contributed by atoms with Crippen LogP contribution in [0.2, 0.25) is 5.02 Å². The van der Waals surface area contributed by atoms with Crippen LogP contribution in [0.1, 0.15) is 18.6 Å². The van der Waals surface area contributed by atoms with Crippen LogP contribution in [0.5, 0.6) is 0 Å². The van der Waals surface area contributed by atoms with Crippen molar-refractivity contribution < 1.29 is 9.53 Å². The molecule has 2 atom stereocenters. The number of nitrogens with zero attached hydrogens (tertiary/aromatic N) is 1. The second-order valence-corrected chi connectivity index (χ2v) is 5.53. The quantitative estimate of drug-likeness (QED) is 0.925. The maximum Gasteiger partial charge on any atom is 0.226 e. The van der Waals surface area contributed by atoms with Gasteiger partial charge in [0.05, 0.1) is 13.2 Å². The van der Waals surface area contributed by atoms with Crippen LogP contribution in [0, 0.1) is 5.92 Å². The minimum atomic E-state index is -0.136. The van der Waals surface area contributed by atoms with E-state index in [1.54, 1.807) is 0 Å². The Hall–Kier alpha value is -1.10. The van der Waals surface area contributed by atoms with Gasteiger partial charge in [0.2, 0.25) is 5.91 Å². The van der Waals surface area contributed by atoms with E-state index in [9.17, 15) is 4.79 Å². The van der Waals surface area contributed by atoms with E-state index in [0.29, 0.717) is 31.3 Å². The van der Waals surface area contributed by atoms with Crippen LogP contribution < -0.4 is 5.32 Å².